The van der Waals surface area contributed by atoms with Crippen LogP contribution in [0, 0.1) is 0 Å². The van der Waals surface area contributed by atoms with E-state index in [-0.39, 0.29) is 6.10 Å². The van der Waals surface area contributed by atoms with Crippen molar-refractivity contribution in [3.63, 3.8) is 0 Å². The normalized spacial score (nSPS) is 14.2. The Kier molecular flexibility index (Phi) is 13.3. The van der Waals surface area contributed by atoms with Crippen molar-refractivity contribution in [3.8, 4) is 0 Å². The Hall–Kier alpha value is -1.76. The van der Waals surface area contributed by atoms with Gasteiger partial charge in [0.25, 0.3) is 5.12 Å². The second kappa shape index (κ2) is 16.4. The molecule has 3 rings (SSSR count). The van der Waals surface area contributed by atoms with Crippen LogP contribution in [0.3, 0.4) is 0 Å². The Balaban J connectivity index is 2.16. The van der Waals surface area contributed by atoms with Crippen molar-refractivity contribution in [1.82, 2.24) is 0 Å². The summed E-state index contributed by atoms with van der Waals surface area (Å²) in [6.07, 6.45) is 7.64. The molecule has 0 fully saturated rings. The van der Waals surface area contributed by atoms with E-state index in [0.717, 1.165) is 41.7 Å². The summed E-state index contributed by atoms with van der Waals surface area (Å²) in [6.45, 7) is 4.46. The fraction of sp³-hybridized carbons (Fsp3) is 0.455. The van der Waals surface area contributed by atoms with Crippen LogP contribution >= 0.6 is 21.6 Å². The maximum Gasteiger partial charge on any atom is 0.256 e. The molecule has 3 nitrogen and oxygen atoms in total. The topological polar surface area (TPSA) is 27.7 Å². The lowest BCUT2D eigenvalue weighted by atomic mass is 9.80. The highest BCUT2D eigenvalue weighted by atomic mass is 33.1. The maximum atomic E-state index is 7.51. The summed E-state index contributed by atoms with van der Waals surface area (Å²) in [6, 6.07) is 31.5. The van der Waals surface area contributed by atoms with Gasteiger partial charge in [0, 0.05) is 20.0 Å². The third-order valence-electron chi connectivity index (χ3n) is 6.88. The van der Waals surface area contributed by atoms with Gasteiger partial charge in [0.15, 0.2) is 0 Å². The van der Waals surface area contributed by atoms with Gasteiger partial charge in [-0.05, 0) is 40.3 Å². The SMILES string of the molecule is CCCCCCSSC(OC)(OC(c1ccccc1)(c1ccccc1)c1ccccc1)C(CCCC)OC. The van der Waals surface area contributed by atoms with Gasteiger partial charge in [-0.3, -0.25) is 0 Å². The molecule has 0 saturated heterocycles. The van der Waals surface area contributed by atoms with Gasteiger partial charge < -0.3 is 14.2 Å². The Labute approximate surface area is 238 Å². The quantitative estimate of drug-likeness (QED) is 0.0678. The zero-order chi connectivity index (χ0) is 27.1. The Morgan fingerprint density at radius 1 is 0.658 bits per heavy atom. The fourth-order valence-corrected chi connectivity index (χ4v) is 7.63. The summed E-state index contributed by atoms with van der Waals surface area (Å²) >= 11 is 0. The van der Waals surface area contributed by atoms with Crippen LogP contribution in [-0.2, 0) is 19.8 Å². The van der Waals surface area contributed by atoms with Gasteiger partial charge in [-0.25, -0.2) is 0 Å². The average molecular weight is 553 g/mol. The molecule has 0 aliphatic carbocycles. The van der Waals surface area contributed by atoms with E-state index in [4.69, 9.17) is 14.2 Å². The van der Waals surface area contributed by atoms with E-state index in [1.165, 1.54) is 25.7 Å². The number of benzene rings is 3. The number of methoxy groups -OCH3 is 2. The summed E-state index contributed by atoms with van der Waals surface area (Å²) in [5, 5.41) is -1.04. The van der Waals surface area contributed by atoms with Crippen LogP contribution in [0.5, 0.6) is 0 Å². The predicted molar refractivity (Wildman–Crippen MR) is 165 cm³/mol. The van der Waals surface area contributed by atoms with Gasteiger partial charge in [0.1, 0.15) is 11.7 Å². The van der Waals surface area contributed by atoms with Crippen LogP contribution in [0.25, 0.3) is 0 Å². The molecule has 0 bridgehead atoms. The van der Waals surface area contributed by atoms with Crippen molar-refractivity contribution in [1.29, 1.82) is 0 Å². The first-order valence-electron chi connectivity index (χ1n) is 13.9. The summed E-state index contributed by atoms with van der Waals surface area (Å²) < 4.78 is 20.1. The van der Waals surface area contributed by atoms with Crippen LogP contribution in [0.1, 0.15) is 75.5 Å². The molecule has 0 spiro atoms. The van der Waals surface area contributed by atoms with Crippen molar-refractivity contribution in [2.45, 2.75) is 75.6 Å². The third kappa shape index (κ3) is 7.67. The van der Waals surface area contributed by atoms with E-state index in [2.05, 4.69) is 86.6 Å². The lowest BCUT2D eigenvalue weighted by molar-refractivity contribution is -0.251. The van der Waals surface area contributed by atoms with E-state index in [1.54, 1.807) is 25.0 Å². The standard InChI is InChI=1S/C33H44O3S2/c1-5-7-9-19-27-37-38-33(35-4,31(34-3)26-8-6-2)36-32(28-20-13-10-14-21-28,29-22-15-11-16-23-29)30-24-17-12-18-25-30/h10-18,20-25,31H,5-9,19,26-27H2,1-4H3. The smallest absolute Gasteiger partial charge is 0.256 e. The number of rotatable bonds is 18. The molecule has 0 radical (unpaired) electrons. The molecule has 0 heterocycles. The maximum absolute atomic E-state index is 7.51. The molecule has 0 amide bonds. The molecule has 0 saturated carbocycles. The molecule has 3 aromatic rings. The first kappa shape index (κ1) is 30.8. The lowest BCUT2D eigenvalue weighted by Gasteiger charge is -2.46. The molecule has 5 heteroatoms. The molecular formula is C33H44O3S2. The number of ether oxygens (including phenoxy) is 3. The fourth-order valence-electron chi connectivity index (χ4n) is 4.79. The number of hydrogen-bond acceptors (Lipinski definition) is 5. The summed E-state index contributed by atoms with van der Waals surface area (Å²) in [7, 11) is 7.03. The molecule has 0 aliphatic heterocycles. The Morgan fingerprint density at radius 3 is 1.58 bits per heavy atom. The van der Waals surface area contributed by atoms with Gasteiger partial charge in [-0.2, -0.15) is 0 Å². The third-order valence-corrected chi connectivity index (χ3v) is 9.74. The van der Waals surface area contributed by atoms with Crippen molar-refractivity contribution < 1.29 is 14.2 Å². The average Bonchev–Trinajstić information content (AvgIpc) is 2.99. The molecule has 2 unspecified atom stereocenters. The first-order chi connectivity index (χ1) is 18.7. The van der Waals surface area contributed by atoms with Crippen molar-refractivity contribution in [3.05, 3.63) is 108 Å². The molecule has 2 atom stereocenters. The molecular weight excluding hydrogens is 508 g/mol. The molecule has 0 aliphatic rings. The summed E-state index contributed by atoms with van der Waals surface area (Å²) in [4.78, 5) is 0. The lowest BCUT2D eigenvalue weighted by Crippen LogP contribution is -2.51. The molecule has 206 valence electrons. The van der Waals surface area contributed by atoms with Gasteiger partial charge in [-0.1, -0.05) is 148 Å². The Bertz CT molecular complexity index is 920. The van der Waals surface area contributed by atoms with Crippen molar-refractivity contribution in [2.75, 3.05) is 20.0 Å². The zero-order valence-electron chi connectivity index (χ0n) is 23.4. The van der Waals surface area contributed by atoms with Crippen LogP contribution in [0.15, 0.2) is 91.0 Å². The van der Waals surface area contributed by atoms with Gasteiger partial charge in [-0.15, -0.1) is 0 Å². The van der Waals surface area contributed by atoms with E-state index in [1.807, 2.05) is 29.0 Å². The minimum absolute atomic E-state index is 0.254. The van der Waals surface area contributed by atoms with Crippen molar-refractivity contribution >= 4 is 21.6 Å². The van der Waals surface area contributed by atoms with E-state index in [9.17, 15) is 0 Å². The highest BCUT2D eigenvalue weighted by molar-refractivity contribution is 8.77. The van der Waals surface area contributed by atoms with Gasteiger partial charge in [0.05, 0.1) is 0 Å². The van der Waals surface area contributed by atoms with E-state index in [0.29, 0.717) is 0 Å². The second-order valence-electron chi connectivity index (χ2n) is 9.52. The number of unbranched alkanes of at least 4 members (excludes halogenated alkanes) is 4. The van der Waals surface area contributed by atoms with Gasteiger partial charge in [0.2, 0.25) is 0 Å². The minimum atomic E-state index is -1.04. The number of hydrogen-bond donors (Lipinski definition) is 0. The van der Waals surface area contributed by atoms with E-state index >= 15 is 0 Å². The minimum Gasteiger partial charge on any atom is -0.375 e. The molecule has 38 heavy (non-hydrogen) atoms. The largest absolute Gasteiger partial charge is 0.375 e. The van der Waals surface area contributed by atoms with Crippen LogP contribution in [-0.4, -0.2) is 31.2 Å². The molecule has 0 N–H and O–H groups in total. The van der Waals surface area contributed by atoms with Crippen molar-refractivity contribution in [2.24, 2.45) is 0 Å². The predicted octanol–water partition coefficient (Wildman–Crippen LogP) is 9.46. The summed E-state index contributed by atoms with van der Waals surface area (Å²) in [5.74, 6) is 1.04. The monoisotopic (exact) mass is 552 g/mol. The highest BCUT2D eigenvalue weighted by Crippen LogP contribution is 2.51. The molecule has 3 aromatic carbocycles. The Morgan fingerprint density at radius 2 is 1.16 bits per heavy atom. The van der Waals surface area contributed by atoms with Crippen LogP contribution in [0.2, 0.25) is 0 Å². The highest BCUT2D eigenvalue weighted by Gasteiger charge is 2.51. The van der Waals surface area contributed by atoms with Crippen LogP contribution in [0.4, 0.5) is 0 Å². The summed E-state index contributed by atoms with van der Waals surface area (Å²) in [5.41, 5.74) is 2.26. The first-order valence-corrected chi connectivity index (χ1v) is 16.2. The van der Waals surface area contributed by atoms with Gasteiger partial charge >= 0.3 is 0 Å². The zero-order valence-corrected chi connectivity index (χ0v) is 25.1. The second-order valence-corrected chi connectivity index (χ2v) is 12.1. The van der Waals surface area contributed by atoms with Crippen LogP contribution < -0.4 is 0 Å². The van der Waals surface area contributed by atoms with E-state index < -0.39 is 10.7 Å². The molecule has 0 aromatic heterocycles.